The van der Waals surface area contributed by atoms with Crippen LogP contribution in [0, 0.1) is 0 Å². The summed E-state index contributed by atoms with van der Waals surface area (Å²) in [5, 5.41) is 16.7. The third kappa shape index (κ3) is 2.48. The minimum Gasteiger partial charge on any atom is -0.478 e. The van der Waals surface area contributed by atoms with Crippen molar-refractivity contribution in [2.45, 2.75) is 0 Å². The first kappa shape index (κ1) is 9.05. The molecule has 13 heavy (non-hydrogen) atoms. The summed E-state index contributed by atoms with van der Waals surface area (Å²) in [4.78, 5) is 20.4. The summed E-state index contributed by atoms with van der Waals surface area (Å²) in [7, 11) is 0. The van der Waals surface area contributed by atoms with E-state index in [1.54, 1.807) is 0 Å². The van der Waals surface area contributed by atoms with E-state index < -0.39 is 12.1 Å². The molecule has 5 nitrogen and oxygen atoms in total. The van der Waals surface area contributed by atoms with Gasteiger partial charge in [0, 0.05) is 0 Å². The second-order valence-electron chi connectivity index (χ2n) is 2.20. The Morgan fingerprint density at radius 1 is 1.08 bits per heavy atom. The molecular weight excluding hydrogens is 176 g/mol. The van der Waals surface area contributed by atoms with Crippen LogP contribution in [-0.4, -0.2) is 22.3 Å². The van der Waals surface area contributed by atoms with Gasteiger partial charge in [-0.3, -0.25) is 0 Å². The molecule has 1 aromatic carbocycles. The van der Waals surface area contributed by atoms with Crippen molar-refractivity contribution in [1.82, 2.24) is 0 Å². The highest BCUT2D eigenvalue weighted by Gasteiger charge is 2.03. The topological polar surface area (TPSA) is 83.8 Å². The number of carboxylic acids is 1. The molecule has 0 radical (unpaired) electrons. The summed E-state index contributed by atoms with van der Waals surface area (Å²) in [5.74, 6) is -0.973. The van der Waals surface area contributed by atoms with E-state index in [1.165, 1.54) is 24.3 Å². The Labute approximate surface area is 73.2 Å². The van der Waals surface area contributed by atoms with Gasteiger partial charge in [-0.1, -0.05) is 0 Å². The zero-order valence-electron chi connectivity index (χ0n) is 6.43. The van der Waals surface area contributed by atoms with Crippen molar-refractivity contribution in [1.29, 1.82) is 0 Å². The molecule has 0 heterocycles. The lowest BCUT2D eigenvalue weighted by molar-refractivity contribution is 0.0697. The molecule has 0 unspecified atom stereocenters. The van der Waals surface area contributed by atoms with Crippen molar-refractivity contribution in [2.75, 3.05) is 0 Å². The molecule has 1 rings (SSSR count). The third-order valence-corrected chi connectivity index (χ3v) is 1.31. The van der Waals surface area contributed by atoms with Crippen molar-refractivity contribution >= 4 is 12.1 Å². The lowest BCUT2D eigenvalue weighted by atomic mass is 10.2. The van der Waals surface area contributed by atoms with E-state index >= 15 is 0 Å². The summed E-state index contributed by atoms with van der Waals surface area (Å²) in [5.41, 5.74) is 0.0812. The van der Waals surface area contributed by atoms with Crippen molar-refractivity contribution in [3.05, 3.63) is 29.8 Å². The summed E-state index contributed by atoms with van der Waals surface area (Å²) in [6.07, 6.45) is -1.43. The molecule has 0 saturated carbocycles. The molecular formula is C8H6O5. The molecule has 0 aliphatic heterocycles. The van der Waals surface area contributed by atoms with E-state index in [0.717, 1.165) is 0 Å². The summed E-state index contributed by atoms with van der Waals surface area (Å²) in [6.45, 7) is 0. The molecule has 0 aliphatic carbocycles. The number of benzene rings is 1. The number of rotatable bonds is 2. The highest BCUT2D eigenvalue weighted by molar-refractivity contribution is 5.87. The molecule has 0 aliphatic rings. The van der Waals surface area contributed by atoms with Crippen LogP contribution in [0.15, 0.2) is 24.3 Å². The van der Waals surface area contributed by atoms with E-state index in [2.05, 4.69) is 4.74 Å². The van der Waals surface area contributed by atoms with E-state index in [1.807, 2.05) is 0 Å². The minimum absolute atomic E-state index is 0.0812. The van der Waals surface area contributed by atoms with Gasteiger partial charge in [0.1, 0.15) is 5.75 Å². The van der Waals surface area contributed by atoms with Crippen LogP contribution in [0.5, 0.6) is 5.75 Å². The molecule has 0 fully saturated rings. The zero-order chi connectivity index (χ0) is 9.84. The second kappa shape index (κ2) is 3.57. The highest BCUT2D eigenvalue weighted by Crippen LogP contribution is 2.11. The van der Waals surface area contributed by atoms with E-state index in [0.29, 0.717) is 0 Å². The highest BCUT2D eigenvalue weighted by atomic mass is 16.7. The summed E-state index contributed by atoms with van der Waals surface area (Å²) < 4.78 is 4.27. The Kier molecular flexibility index (Phi) is 2.49. The number of hydrogen-bond donors (Lipinski definition) is 2. The van der Waals surface area contributed by atoms with Crippen LogP contribution in [0.2, 0.25) is 0 Å². The zero-order valence-corrected chi connectivity index (χ0v) is 6.43. The minimum atomic E-state index is -1.43. The van der Waals surface area contributed by atoms with E-state index in [-0.39, 0.29) is 11.3 Å². The monoisotopic (exact) mass is 182 g/mol. The van der Waals surface area contributed by atoms with Crippen molar-refractivity contribution in [3.8, 4) is 5.75 Å². The Balaban J connectivity index is 2.81. The average molecular weight is 182 g/mol. The Bertz CT molecular complexity index is 327. The van der Waals surface area contributed by atoms with Crippen LogP contribution in [0.1, 0.15) is 10.4 Å². The predicted octanol–water partition coefficient (Wildman–Crippen LogP) is 1.44. The fraction of sp³-hybridized carbons (Fsp3) is 0. The normalized spacial score (nSPS) is 9.23. The molecule has 68 valence electrons. The average Bonchev–Trinajstić information content (AvgIpc) is 2.04. The molecule has 0 saturated heterocycles. The Hall–Kier alpha value is -2.04. The number of carboxylic acid groups (broad SMARTS) is 2. The maximum atomic E-state index is 10.4. The maximum Gasteiger partial charge on any atom is 0.511 e. The van der Waals surface area contributed by atoms with Crippen LogP contribution >= 0.6 is 0 Å². The van der Waals surface area contributed by atoms with Crippen molar-refractivity contribution in [3.63, 3.8) is 0 Å². The van der Waals surface area contributed by atoms with Gasteiger partial charge >= 0.3 is 12.1 Å². The molecule has 0 atom stereocenters. The van der Waals surface area contributed by atoms with Crippen LogP contribution in [0.25, 0.3) is 0 Å². The number of carbonyl (C=O) groups is 2. The van der Waals surface area contributed by atoms with E-state index in [4.69, 9.17) is 10.2 Å². The quantitative estimate of drug-likeness (QED) is 0.534. The van der Waals surface area contributed by atoms with Gasteiger partial charge < -0.3 is 14.9 Å². The van der Waals surface area contributed by atoms with Gasteiger partial charge in [0.05, 0.1) is 5.56 Å². The molecule has 5 heteroatoms. The fourth-order valence-corrected chi connectivity index (χ4v) is 0.766. The Morgan fingerprint density at radius 3 is 2.00 bits per heavy atom. The van der Waals surface area contributed by atoms with Crippen molar-refractivity contribution < 1.29 is 24.5 Å². The lowest BCUT2D eigenvalue weighted by Crippen LogP contribution is -2.03. The smallest absolute Gasteiger partial charge is 0.478 e. The SMILES string of the molecule is O=C(O)Oc1ccc(C(=O)O)cc1. The van der Waals surface area contributed by atoms with Gasteiger partial charge in [-0.15, -0.1) is 0 Å². The van der Waals surface area contributed by atoms with E-state index in [9.17, 15) is 9.59 Å². The maximum absolute atomic E-state index is 10.4. The van der Waals surface area contributed by atoms with Crippen LogP contribution in [-0.2, 0) is 0 Å². The van der Waals surface area contributed by atoms with Gasteiger partial charge in [-0.2, -0.15) is 0 Å². The van der Waals surface area contributed by atoms with Crippen molar-refractivity contribution in [2.24, 2.45) is 0 Å². The molecule has 1 aromatic rings. The number of aromatic carboxylic acids is 1. The standard InChI is InChI=1S/C8H6O5/c9-7(10)5-1-3-6(4-2-5)13-8(11)12/h1-4H,(H,9,10)(H,11,12). The fourth-order valence-electron chi connectivity index (χ4n) is 0.766. The lowest BCUT2D eigenvalue weighted by Gasteiger charge is -1.98. The number of hydrogen-bond acceptors (Lipinski definition) is 3. The molecule has 2 N–H and O–H groups in total. The first-order chi connectivity index (χ1) is 6.09. The predicted molar refractivity (Wildman–Crippen MR) is 42.1 cm³/mol. The number of ether oxygens (including phenoxy) is 1. The molecule has 0 spiro atoms. The van der Waals surface area contributed by atoms with Gasteiger partial charge in [0.25, 0.3) is 0 Å². The van der Waals surface area contributed by atoms with Gasteiger partial charge in [-0.05, 0) is 24.3 Å². The van der Waals surface area contributed by atoms with Crippen LogP contribution in [0.4, 0.5) is 4.79 Å². The second-order valence-corrected chi connectivity index (χ2v) is 2.20. The van der Waals surface area contributed by atoms with Gasteiger partial charge in [-0.25, -0.2) is 9.59 Å². The van der Waals surface area contributed by atoms with Crippen LogP contribution in [0.3, 0.4) is 0 Å². The molecule has 0 bridgehead atoms. The molecule has 0 amide bonds. The largest absolute Gasteiger partial charge is 0.511 e. The Morgan fingerprint density at radius 2 is 1.62 bits per heavy atom. The first-order valence-corrected chi connectivity index (χ1v) is 3.34. The third-order valence-electron chi connectivity index (χ3n) is 1.31. The summed E-state index contributed by atoms with van der Waals surface area (Å²) >= 11 is 0. The molecule has 0 aromatic heterocycles. The first-order valence-electron chi connectivity index (χ1n) is 3.34. The van der Waals surface area contributed by atoms with Crippen LogP contribution < -0.4 is 4.74 Å². The summed E-state index contributed by atoms with van der Waals surface area (Å²) in [6, 6.07) is 5.08. The van der Waals surface area contributed by atoms with Gasteiger partial charge in [0.2, 0.25) is 0 Å². The van der Waals surface area contributed by atoms with Gasteiger partial charge in [0.15, 0.2) is 0 Å².